The highest BCUT2D eigenvalue weighted by Gasteiger charge is 2.37. The molecule has 106 valence electrons. The zero-order valence-corrected chi connectivity index (χ0v) is 12.8. The normalized spacial score (nSPS) is 25.7. The molecule has 0 aromatic rings. The first kappa shape index (κ1) is 14.7. The minimum absolute atomic E-state index is 0.641. The van der Waals surface area contributed by atoms with Gasteiger partial charge in [0.15, 0.2) is 0 Å². The first-order chi connectivity index (χ1) is 8.79. The number of thioether (sulfide) groups is 1. The van der Waals surface area contributed by atoms with Crippen LogP contribution in [0.2, 0.25) is 0 Å². The van der Waals surface area contributed by atoms with Crippen LogP contribution in [0.1, 0.15) is 51.9 Å². The first-order valence-electron chi connectivity index (χ1n) is 7.81. The summed E-state index contributed by atoms with van der Waals surface area (Å²) < 4.78 is 0. The Labute approximate surface area is 117 Å². The topological polar surface area (TPSA) is 29.3 Å². The van der Waals surface area contributed by atoms with E-state index in [-0.39, 0.29) is 0 Å². The summed E-state index contributed by atoms with van der Waals surface area (Å²) in [4.78, 5) is 2.68. The van der Waals surface area contributed by atoms with Crippen LogP contribution in [0.4, 0.5) is 0 Å². The van der Waals surface area contributed by atoms with Crippen LogP contribution in [-0.2, 0) is 0 Å². The van der Waals surface area contributed by atoms with Crippen LogP contribution >= 0.6 is 11.8 Å². The van der Waals surface area contributed by atoms with Crippen molar-refractivity contribution in [3.8, 4) is 0 Å². The molecule has 2 N–H and O–H groups in total. The number of nitrogens with two attached hydrogens (primary N) is 1. The van der Waals surface area contributed by atoms with Crippen molar-refractivity contribution in [3.63, 3.8) is 0 Å². The molecule has 1 spiro atoms. The number of hydrogen-bond donors (Lipinski definition) is 1. The molecule has 0 bridgehead atoms. The predicted octanol–water partition coefficient (Wildman–Crippen LogP) is 3.11. The molecule has 0 amide bonds. The Kier molecular flexibility index (Phi) is 5.84. The lowest BCUT2D eigenvalue weighted by atomic mass is 9.77. The van der Waals surface area contributed by atoms with Gasteiger partial charge in [-0.25, -0.2) is 0 Å². The molecule has 2 aliphatic rings. The van der Waals surface area contributed by atoms with E-state index < -0.39 is 0 Å². The second-order valence-electron chi connectivity index (χ2n) is 6.12. The van der Waals surface area contributed by atoms with E-state index in [4.69, 9.17) is 5.73 Å². The van der Waals surface area contributed by atoms with E-state index in [1.54, 1.807) is 0 Å². The molecule has 18 heavy (non-hydrogen) atoms. The monoisotopic (exact) mass is 270 g/mol. The minimum atomic E-state index is 0.641. The quantitative estimate of drug-likeness (QED) is 0.752. The van der Waals surface area contributed by atoms with E-state index in [0.29, 0.717) is 6.04 Å². The lowest BCUT2D eigenvalue weighted by Gasteiger charge is -2.42. The smallest absolute Gasteiger partial charge is 0.0226 e. The minimum Gasteiger partial charge on any atom is -0.329 e. The van der Waals surface area contributed by atoms with Crippen LogP contribution in [-0.4, -0.2) is 42.1 Å². The van der Waals surface area contributed by atoms with Gasteiger partial charge in [-0.15, -0.1) is 0 Å². The fraction of sp³-hybridized carbons (Fsp3) is 1.00. The first-order valence-corrected chi connectivity index (χ1v) is 8.97. The molecule has 1 aliphatic heterocycles. The molecule has 1 atom stereocenters. The second-order valence-corrected chi connectivity index (χ2v) is 7.51. The number of piperidine rings is 1. The Morgan fingerprint density at radius 1 is 1.17 bits per heavy atom. The average Bonchev–Trinajstić information content (AvgIpc) is 2.85. The summed E-state index contributed by atoms with van der Waals surface area (Å²) in [6.45, 7) is 5.70. The molecular weight excluding hydrogens is 240 g/mol. The van der Waals surface area contributed by atoms with Crippen LogP contribution in [0.15, 0.2) is 0 Å². The van der Waals surface area contributed by atoms with Crippen LogP contribution < -0.4 is 5.73 Å². The summed E-state index contributed by atoms with van der Waals surface area (Å²) in [6, 6.07) is 0.641. The molecule has 2 nitrogen and oxygen atoms in total. The zero-order chi connectivity index (χ0) is 12.8. The fourth-order valence-electron chi connectivity index (χ4n) is 3.80. The number of hydrogen-bond acceptors (Lipinski definition) is 3. The second kappa shape index (κ2) is 7.16. The fourth-order valence-corrected chi connectivity index (χ4v) is 4.53. The lowest BCUT2D eigenvalue weighted by molar-refractivity contribution is 0.0772. The summed E-state index contributed by atoms with van der Waals surface area (Å²) in [6.07, 6.45) is 10.1. The molecule has 1 saturated heterocycles. The van der Waals surface area contributed by atoms with Crippen molar-refractivity contribution in [1.82, 2.24) is 4.90 Å². The highest BCUT2D eigenvalue weighted by Crippen LogP contribution is 2.46. The highest BCUT2D eigenvalue weighted by molar-refractivity contribution is 7.99. The summed E-state index contributed by atoms with van der Waals surface area (Å²) in [5.41, 5.74) is 6.72. The third-order valence-electron chi connectivity index (χ3n) is 5.11. The van der Waals surface area contributed by atoms with Gasteiger partial charge in [-0.05, 0) is 62.1 Å². The van der Waals surface area contributed by atoms with Gasteiger partial charge in [0.25, 0.3) is 0 Å². The molecule has 1 unspecified atom stereocenters. The summed E-state index contributed by atoms with van der Waals surface area (Å²) >= 11 is 2.05. The van der Waals surface area contributed by atoms with Gasteiger partial charge in [0.1, 0.15) is 0 Å². The van der Waals surface area contributed by atoms with Gasteiger partial charge >= 0.3 is 0 Å². The molecule has 0 aromatic heterocycles. The van der Waals surface area contributed by atoms with Crippen molar-refractivity contribution < 1.29 is 0 Å². The van der Waals surface area contributed by atoms with Gasteiger partial charge in [0, 0.05) is 12.6 Å². The maximum atomic E-state index is 5.98. The average molecular weight is 270 g/mol. The Morgan fingerprint density at radius 3 is 2.39 bits per heavy atom. The standard InChI is InChI=1S/C15H30N2S/c1-2-18-12-5-14(13-16)17-10-8-15(9-11-17)6-3-4-7-15/h14H,2-13,16H2,1H3. The van der Waals surface area contributed by atoms with E-state index in [1.807, 2.05) is 0 Å². The van der Waals surface area contributed by atoms with Crippen LogP contribution in [0, 0.1) is 5.41 Å². The van der Waals surface area contributed by atoms with Crippen molar-refractivity contribution in [2.75, 3.05) is 31.1 Å². The SMILES string of the molecule is CCSCCC(CN)N1CCC2(CCCC2)CC1. The Bertz CT molecular complexity index is 229. The molecule has 2 fully saturated rings. The lowest BCUT2D eigenvalue weighted by Crippen LogP contribution is -2.47. The van der Waals surface area contributed by atoms with Crippen LogP contribution in [0.5, 0.6) is 0 Å². The molecule has 3 heteroatoms. The summed E-state index contributed by atoms with van der Waals surface area (Å²) in [7, 11) is 0. The molecule has 1 saturated carbocycles. The maximum Gasteiger partial charge on any atom is 0.0226 e. The van der Waals surface area contributed by atoms with Gasteiger partial charge < -0.3 is 5.73 Å². The predicted molar refractivity (Wildman–Crippen MR) is 82.2 cm³/mol. The van der Waals surface area contributed by atoms with E-state index in [0.717, 1.165) is 12.0 Å². The third kappa shape index (κ3) is 3.64. The van der Waals surface area contributed by atoms with E-state index in [1.165, 1.54) is 69.5 Å². The van der Waals surface area contributed by atoms with Crippen molar-refractivity contribution in [1.29, 1.82) is 0 Å². The summed E-state index contributed by atoms with van der Waals surface area (Å²) in [5, 5.41) is 0. The molecule has 0 aromatic carbocycles. The largest absolute Gasteiger partial charge is 0.329 e. The Morgan fingerprint density at radius 2 is 1.83 bits per heavy atom. The summed E-state index contributed by atoms with van der Waals surface area (Å²) in [5.74, 6) is 2.51. The van der Waals surface area contributed by atoms with Crippen molar-refractivity contribution in [2.24, 2.45) is 11.1 Å². The van der Waals surface area contributed by atoms with E-state index in [9.17, 15) is 0 Å². The van der Waals surface area contributed by atoms with Crippen molar-refractivity contribution in [3.05, 3.63) is 0 Å². The molecule has 1 aliphatic carbocycles. The van der Waals surface area contributed by atoms with Crippen LogP contribution in [0.25, 0.3) is 0 Å². The van der Waals surface area contributed by atoms with E-state index >= 15 is 0 Å². The van der Waals surface area contributed by atoms with Crippen LogP contribution in [0.3, 0.4) is 0 Å². The van der Waals surface area contributed by atoms with Gasteiger partial charge in [0.2, 0.25) is 0 Å². The van der Waals surface area contributed by atoms with Gasteiger partial charge in [-0.3, -0.25) is 4.90 Å². The van der Waals surface area contributed by atoms with E-state index in [2.05, 4.69) is 23.6 Å². The zero-order valence-electron chi connectivity index (χ0n) is 12.0. The number of rotatable bonds is 6. The van der Waals surface area contributed by atoms with Gasteiger partial charge in [-0.2, -0.15) is 11.8 Å². The Balaban J connectivity index is 1.76. The highest BCUT2D eigenvalue weighted by atomic mass is 32.2. The third-order valence-corrected chi connectivity index (χ3v) is 6.04. The number of nitrogens with zero attached hydrogens (tertiary/aromatic N) is 1. The van der Waals surface area contributed by atoms with Gasteiger partial charge in [0.05, 0.1) is 0 Å². The number of likely N-dealkylation sites (tertiary alicyclic amines) is 1. The van der Waals surface area contributed by atoms with Gasteiger partial charge in [-0.1, -0.05) is 19.8 Å². The molecule has 1 heterocycles. The molecule has 2 rings (SSSR count). The maximum absolute atomic E-state index is 5.98. The van der Waals surface area contributed by atoms with Crippen molar-refractivity contribution in [2.45, 2.75) is 57.9 Å². The van der Waals surface area contributed by atoms with Crippen molar-refractivity contribution >= 4 is 11.8 Å². The molecule has 0 radical (unpaired) electrons. The Hall–Kier alpha value is 0.270. The molecular formula is C15H30N2S.